The smallest absolute Gasteiger partial charge is 0.372 e. The Kier molecular flexibility index (Phi) is 72.1. The van der Waals surface area contributed by atoms with Crippen molar-refractivity contribution in [1.29, 1.82) is 5.41 Å². The molecule has 102 heavy (non-hydrogen) atoms. The van der Waals surface area contributed by atoms with Crippen molar-refractivity contribution in [3.63, 3.8) is 0 Å². The zero-order valence-electron chi connectivity index (χ0n) is 69.2. The summed E-state index contributed by atoms with van der Waals surface area (Å²) in [4.78, 5) is 43.7. The summed E-state index contributed by atoms with van der Waals surface area (Å²) in [5.74, 6) is 1.34. The maximum Gasteiger partial charge on any atom is 0.372 e. The van der Waals surface area contributed by atoms with Crippen molar-refractivity contribution in [2.45, 2.75) is 274 Å². The van der Waals surface area contributed by atoms with Gasteiger partial charge in [0.25, 0.3) is 0 Å². The highest BCUT2D eigenvalue weighted by Crippen LogP contribution is 2.23. The molecule has 3 fully saturated rings. The number of hydrogen-bond donors (Lipinski definition) is 11. The van der Waals surface area contributed by atoms with E-state index in [2.05, 4.69) is 139 Å². The standard InChI is InChI=1S/3C10H14FN.C9H19N.C8H17N.C7H12O2.C6H13NO.C6H13N.C5H8O3.C4H10N2.C4H11N.C3H9N/c1-8(2)12-7-9-3-5-10(11)6-4-9;1-8(2)12-7-9-4-3-5-10(11)6-9;1-8(2)12-7-9-5-3-4-6-10(9)11;1-8(2)9-4-6-10(3)7-5-9;1-7(2)8-3-5-9-6-4-8;1-4-5-9-7(8)6(2)3;1-4-7-6(8)5(2)3;1-5(2)7-6-3-4-6;1-3(2)4(6)5(7)8;1-3(2)4(5)6;1-4(2)5-3;1-3(2)4/h3*3-6,8,12H,7H2,1-2H3;8-9H,4-7H2,1-3H3;7-9H,3-6H2,1-2H3;4,6H,1,5H2,2-3H3;5H,4H2,1-3H3,(H,7,8);5-7H,3-4H2,1-2H3;3H,1-2H3,(H,7,8);3H,1-2H3,(H3,5,6);4-5H,1-3H3;3H,4H2,1-2H3. The number of nitrogens with two attached hydrogens (primary N) is 2. The van der Waals surface area contributed by atoms with Gasteiger partial charge in [0.2, 0.25) is 11.7 Å². The number of ether oxygens (including phenoxy) is 1. The van der Waals surface area contributed by atoms with Crippen LogP contribution in [0.15, 0.2) is 85.5 Å². The molecule has 1 amide bonds. The van der Waals surface area contributed by atoms with E-state index in [1.807, 2.05) is 81.5 Å². The van der Waals surface area contributed by atoms with Gasteiger partial charge in [0.1, 0.15) is 24.1 Å². The quantitative estimate of drug-likeness (QED) is 0.0147. The minimum atomic E-state index is -1.35. The van der Waals surface area contributed by atoms with Gasteiger partial charge >= 0.3 is 11.9 Å². The molecule has 20 heteroatoms. The van der Waals surface area contributed by atoms with Crippen LogP contribution >= 0.6 is 0 Å². The zero-order valence-corrected chi connectivity index (χ0v) is 69.2. The molecule has 17 nitrogen and oxygen atoms in total. The van der Waals surface area contributed by atoms with Gasteiger partial charge in [0.15, 0.2) is 0 Å². The predicted molar refractivity (Wildman–Crippen MR) is 429 cm³/mol. The Labute approximate surface area is 621 Å². The first-order valence-electron chi connectivity index (χ1n) is 37.6. The van der Waals surface area contributed by atoms with Crippen LogP contribution in [0.2, 0.25) is 0 Å². The summed E-state index contributed by atoms with van der Waals surface area (Å²) >= 11 is 0. The molecule has 2 aliphatic heterocycles. The van der Waals surface area contributed by atoms with Crippen LogP contribution in [-0.4, -0.2) is 135 Å². The third kappa shape index (κ3) is 78.6. The van der Waals surface area contributed by atoms with Gasteiger partial charge in [0, 0.05) is 85.7 Å². The van der Waals surface area contributed by atoms with Crippen LogP contribution in [0.3, 0.4) is 0 Å². The number of esters is 1. The molecule has 3 aromatic rings. The number of rotatable bonds is 22. The summed E-state index contributed by atoms with van der Waals surface area (Å²) in [5.41, 5.74) is 13.0. The van der Waals surface area contributed by atoms with Gasteiger partial charge in [0.05, 0.1) is 11.8 Å². The van der Waals surface area contributed by atoms with Crippen molar-refractivity contribution in [2.24, 2.45) is 58.8 Å². The minimum absolute atomic E-state index is 0.0371. The van der Waals surface area contributed by atoms with Crippen molar-refractivity contribution in [3.05, 3.63) is 120 Å². The van der Waals surface area contributed by atoms with Gasteiger partial charge in [-0.2, -0.15) is 0 Å². The van der Waals surface area contributed by atoms with E-state index in [1.54, 1.807) is 70.2 Å². The summed E-state index contributed by atoms with van der Waals surface area (Å²) < 4.78 is 42.8. The third-order valence-corrected chi connectivity index (χ3v) is 14.7. The van der Waals surface area contributed by atoms with E-state index in [4.69, 9.17) is 26.7 Å². The van der Waals surface area contributed by atoms with Crippen molar-refractivity contribution in [3.8, 4) is 0 Å². The molecule has 13 N–H and O–H groups in total. The van der Waals surface area contributed by atoms with E-state index < -0.39 is 17.7 Å². The Hall–Kier alpha value is -5.58. The van der Waals surface area contributed by atoms with Gasteiger partial charge in [-0.25, -0.2) is 18.0 Å². The normalized spacial score (nSPS) is 13.2. The van der Waals surface area contributed by atoms with Crippen LogP contribution in [0, 0.1) is 70.2 Å². The molecule has 1 aliphatic carbocycles. The maximum atomic E-state index is 13.0. The molecule has 594 valence electrons. The number of hydrogen-bond acceptors (Lipinski definition) is 14. The number of Topliss-reactive ketones (excluding diaryl/α,β-unsaturated/α-hetero) is 1. The number of amides is 1. The molecule has 0 unspecified atom stereocenters. The number of piperidine rings is 2. The summed E-state index contributed by atoms with van der Waals surface area (Å²) in [7, 11) is 4.17. The van der Waals surface area contributed by atoms with E-state index in [-0.39, 0.29) is 52.9 Å². The average molecular weight is 1450 g/mol. The van der Waals surface area contributed by atoms with E-state index in [9.17, 15) is 32.3 Å². The number of nitrogens with zero attached hydrogens (tertiary/aromatic N) is 1. The molecule has 0 aromatic heterocycles. The second-order valence-electron chi connectivity index (χ2n) is 29.5. The lowest BCUT2D eigenvalue weighted by atomic mass is 9.87. The van der Waals surface area contributed by atoms with Gasteiger partial charge < -0.3 is 63.4 Å². The highest BCUT2D eigenvalue weighted by atomic mass is 19.1. The maximum absolute atomic E-state index is 13.0. The number of carbonyl (C=O) groups is 4. The third-order valence-electron chi connectivity index (χ3n) is 14.7. The lowest BCUT2D eigenvalue weighted by Crippen LogP contribution is -2.32. The number of amidine groups is 1. The van der Waals surface area contributed by atoms with Crippen LogP contribution in [0.5, 0.6) is 0 Å². The Morgan fingerprint density at radius 2 is 1.05 bits per heavy atom. The van der Waals surface area contributed by atoms with Crippen LogP contribution in [0.4, 0.5) is 13.2 Å². The number of aliphatic carboxylic acids is 1. The van der Waals surface area contributed by atoms with Gasteiger partial charge in [-0.3, -0.25) is 19.8 Å². The molecular formula is C82H154F3N11O6. The fourth-order valence-electron chi connectivity index (χ4n) is 7.71. The van der Waals surface area contributed by atoms with Crippen molar-refractivity contribution in [2.75, 3.05) is 53.4 Å². The molecule has 3 aliphatic rings. The first kappa shape index (κ1) is 107. The number of likely N-dealkylation sites (tertiary alicyclic amines) is 1. The fraction of sp³-hybridized carbons (Fsp3) is 0.695. The summed E-state index contributed by atoms with van der Waals surface area (Å²) in [6.07, 6.45) is 9.95. The summed E-state index contributed by atoms with van der Waals surface area (Å²) in [5, 5.41) is 36.9. The average Bonchev–Trinajstić information content (AvgIpc) is 0.947. The molecule has 6 rings (SSSR count). The molecule has 1 saturated carbocycles. The molecule has 2 heterocycles. The minimum Gasteiger partial charge on any atom is -0.475 e. The van der Waals surface area contributed by atoms with Crippen LogP contribution in [0.1, 0.15) is 228 Å². The monoisotopic (exact) mass is 1450 g/mol. The van der Waals surface area contributed by atoms with Crippen LogP contribution in [-0.2, 0) is 43.5 Å². The SMILES string of the molecule is C=CCOC(=O)C(C)C.CC(C)C(=N)N.CC(C)C(=O)C(=O)O.CC(C)C1CCN(C)CC1.CC(C)C1CCNCC1.CC(C)N.CC(C)NC1CC1.CC(C)NCc1ccc(F)cc1.CC(C)NCc1cccc(F)c1.CC(C)NCc1ccccc1F.CCNC(=O)C(C)C.CNC(C)C. The molecule has 0 radical (unpaired) electrons. The van der Waals surface area contributed by atoms with Gasteiger partial charge in [-0.15, -0.1) is 0 Å². The molecule has 0 bridgehead atoms. The lowest BCUT2D eigenvalue weighted by Gasteiger charge is -2.31. The number of benzene rings is 3. The number of carbonyl (C=O) groups excluding carboxylic acids is 3. The summed E-state index contributed by atoms with van der Waals surface area (Å²) in [6, 6.07) is 23.9. The molecule has 3 aromatic carbocycles. The topological polar surface area (TPSA) is 261 Å². The Morgan fingerprint density at radius 3 is 1.35 bits per heavy atom. The van der Waals surface area contributed by atoms with Crippen LogP contribution in [0.25, 0.3) is 0 Å². The van der Waals surface area contributed by atoms with Crippen molar-refractivity contribution < 1.29 is 42.2 Å². The summed E-state index contributed by atoms with van der Waals surface area (Å²) in [6.45, 7) is 62.1. The highest BCUT2D eigenvalue weighted by Gasteiger charge is 2.21. The molecule has 0 spiro atoms. The van der Waals surface area contributed by atoms with E-state index >= 15 is 0 Å². The van der Waals surface area contributed by atoms with Gasteiger partial charge in [-0.1, -0.05) is 221 Å². The fourth-order valence-corrected chi connectivity index (χ4v) is 7.71. The van der Waals surface area contributed by atoms with Crippen LogP contribution < -0.4 is 48.7 Å². The molecular weight excluding hydrogens is 1290 g/mol. The zero-order chi connectivity index (χ0) is 80.0. The largest absolute Gasteiger partial charge is 0.475 e. The molecule has 2 saturated heterocycles. The Bertz CT molecular complexity index is 2470. The number of ketones is 1. The first-order chi connectivity index (χ1) is 47.4. The highest BCUT2D eigenvalue weighted by molar-refractivity contribution is 6.33. The van der Waals surface area contributed by atoms with E-state index in [0.717, 1.165) is 66.0 Å². The predicted octanol–water partition coefficient (Wildman–Crippen LogP) is 15.7. The van der Waals surface area contributed by atoms with Crippen molar-refractivity contribution in [1.82, 2.24) is 42.1 Å². The number of halogens is 3. The number of carboxylic acids is 1. The Morgan fingerprint density at radius 1 is 0.608 bits per heavy atom. The number of carboxylic acid groups (broad SMARTS) is 1. The lowest BCUT2D eigenvalue weighted by molar-refractivity contribution is -0.150. The van der Waals surface area contributed by atoms with Gasteiger partial charge in [-0.05, 0) is 157 Å². The van der Waals surface area contributed by atoms with Crippen molar-refractivity contribution >= 4 is 29.5 Å². The molecule has 0 atom stereocenters. The Balaban J connectivity index is -0.000000249. The number of nitrogens with one attached hydrogen (secondary N) is 8. The van der Waals surface area contributed by atoms with E-state index in [0.29, 0.717) is 49.4 Å². The second-order valence-corrected chi connectivity index (χ2v) is 29.5. The second kappa shape index (κ2) is 68.5. The van der Waals surface area contributed by atoms with E-state index in [1.165, 1.54) is 89.0 Å². The first-order valence-corrected chi connectivity index (χ1v) is 37.6.